The van der Waals surface area contributed by atoms with Gasteiger partial charge in [0, 0.05) is 50.3 Å². The number of pyridine rings is 1. The maximum atomic E-state index is 12.9. The second-order valence-electron chi connectivity index (χ2n) is 7.87. The molecule has 0 aromatic carbocycles. The van der Waals surface area contributed by atoms with Crippen LogP contribution in [0.25, 0.3) is 0 Å². The monoisotopic (exact) mass is 372 g/mol. The van der Waals surface area contributed by atoms with Crippen LogP contribution >= 0.6 is 0 Å². The van der Waals surface area contributed by atoms with Gasteiger partial charge in [0.15, 0.2) is 0 Å². The second-order valence-corrected chi connectivity index (χ2v) is 7.87. The van der Waals surface area contributed by atoms with Crippen molar-refractivity contribution in [3.05, 3.63) is 24.4 Å². The first-order valence-corrected chi connectivity index (χ1v) is 10.3. The second kappa shape index (κ2) is 9.20. The minimum absolute atomic E-state index is 0.0732. The van der Waals surface area contributed by atoms with E-state index < -0.39 is 0 Å². The fraction of sp³-hybridized carbons (Fsp3) is 0.667. The molecule has 0 radical (unpaired) electrons. The highest BCUT2D eigenvalue weighted by Gasteiger charge is 2.33. The van der Waals surface area contributed by atoms with Crippen LogP contribution in [0.1, 0.15) is 46.0 Å². The Morgan fingerprint density at radius 3 is 2.37 bits per heavy atom. The topological polar surface area (TPSA) is 65.5 Å². The summed E-state index contributed by atoms with van der Waals surface area (Å²) in [5, 5.41) is 3.08. The van der Waals surface area contributed by atoms with Crippen LogP contribution in [0.5, 0.6) is 0 Å². The molecule has 0 bridgehead atoms. The normalized spacial score (nSPS) is 24.4. The zero-order valence-corrected chi connectivity index (χ0v) is 16.6. The maximum absolute atomic E-state index is 12.9. The lowest BCUT2D eigenvalue weighted by Gasteiger charge is -2.38. The molecule has 1 unspecified atom stereocenters. The number of hydrogen-bond donors (Lipinski definition) is 1. The Labute approximate surface area is 162 Å². The highest BCUT2D eigenvalue weighted by Crippen LogP contribution is 2.30. The van der Waals surface area contributed by atoms with E-state index in [1.807, 2.05) is 36.2 Å². The van der Waals surface area contributed by atoms with Gasteiger partial charge >= 0.3 is 0 Å². The van der Waals surface area contributed by atoms with Gasteiger partial charge in [0.2, 0.25) is 11.8 Å². The molecular weight excluding hydrogens is 340 g/mol. The molecule has 1 aromatic heterocycles. The van der Waals surface area contributed by atoms with Crippen LogP contribution in [0, 0.1) is 11.8 Å². The van der Waals surface area contributed by atoms with E-state index in [4.69, 9.17) is 0 Å². The van der Waals surface area contributed by atoms with E-state index in [0.717, 1.165) is 64.1 Å². The molecule has 27 heavy (non-hydrogen) atoms. The summed E-state index contributed by atoms with van der Waals surface area (Å²) in [5.74, 6) is 1.58. The molecule has 2 heterocycles. The van der Waals surface area contributed by atoms with Crippen LogP contribution < -0.4 is 10.2 Å². The van der Waals surface area contributed by atoms with Gasteiger partial charge in [-0.1, -0.05) is 13.0 Å². The number of rotatable bonds is 5. The summed E-state index contributed by atoms with van der Waals surface area (Å²) in [6.07, 6.45) is 6.07. The zero-order chi connectivity index (χ0) is 19.2. The molecule has 148 valence electrons. The lowest BCUT2D eigenvalue weighted by Crippen LogP contribution is -2.51. The Balaban J connectivity index is 1.44. The fourth-order valence-electron chi connectivity index (χ4n) is 4.02. The highest BCUT2D eigenvalue weighted by molar-refractivity contribution is 5.81. The molecule has 2 fully saturated rings. The molecule has 1 N–H and O–H groups in total. The first kappa shape index (κ1) is 19.6. The molecule has 0 spiro atoms. The molecule has 2 amide bonds. The molecular formula is C21H32N4O2. The van der Waals surface area contributed by atoms with Crippen LogP contribution in [-0.4, -0.2) is 53.9 Å². The third-order valence-electron chi connectivity index (χ3n) is 6.01. The fourth-order valence-corrected chi connectivity index (χ4v) is 4.02. The van der Waals surface area contributed by atoms with Crippen LogP contribution in [0.2, 0.25) is 0 Å². The molecule has 2 aliphatic rings. The van der Waals surface area contributed by atoms with Crippen LogP contribution in [-0.2, 0) is 9.59 Å². The van der Waals surface area contributed by atoms with Gasteiger partial charge in [-0.15, -0.1) is 0 Å². The van der Waals surface area contributed by atoms with Gasteiger partial charge in [-0.3, -0.25) is 9.59 Å². The maximum Gasteiger partial charge on any atom is 0.225 e. The first-order valence-electron chi connectivity index (χ1n) is 10.3. The van der Waals surface area contributed by atoms with Crippen molar-refractivity contribution in [2.24, 2.45) is 11.8 Å². The minimum atomic E-state index is 0.0732. The van der Waals surface area contributed by atoms with E-state index >= 15 is 0 Å². The molecule has 1 aromatic rings. The summed E-state index contributed by atoms with van der Waals surface area (Å²) in [6.45, 7) is 7.28. The zero-order valence-electron chi connectivity index (χ0n) is 16.6. The van der Waals surface area contributed by atoms with Gasteiger partial charge in [0.1, 0.15) is 5.82 Å². The third kappa shape index (κ3) is 4.99. The van der Waals surface area contributed by atoms with E-state index in [0.29, 0.717) is 0 Å². The van der Waals surface area contributed by atoms with Crippen molar-refractivity contribution in [2.75, 3.05) is 31.1 Å². The van der Waals surface area contributed by atoms with Crippen molar-refractivity contribution in [3.63, 3.8) is 0 Å². The minimum Gasteiger partial charge on any atom is -0.353 e. The van der Waals surface area contributed by atoms with Crippen LogP contribution in [0.3, 0.4) is 0 Å². The predicted octanol–water partition coefficient (Wildman–Crippen LogP) is 2.45. The van der Waals surface area contributed by atoms with Crippen molar-refractivity contribution >= 4 is 17.6 Å². The summed E-state index contributed by atoms with van der Waals surface area (Å²) in [4.78, 5) is 33.8. The Bertz CT molecular complexity index is 620. The third-order valence-corrected chi connectivity index (χ3v) is 6.01. The number of nitrogens with zero attached hydrogens (tertiary/aromatic N) is 3. The van der Waals surface area contributed by atoms with E-state index in [2.05, 4.69) is 22.1 Å². The SMILES string of the molecule is CCC(C)NC(=O)C1CCC(C(=O)N2CCN(c3ccccn3)CC2)CC1. The highest BCUT2D eigenvalue weighted by atomic mass is 16.2. The molecule has 6 heteroatoms. The number of anilines is 1. The van der Waals surface area contributed by atoms with Crippen molar-refractivity contribution < 1.29 is 9.59 Å². The molecule has 1 atom stereocenters. The number of amides is 2. The standard InChI is InChI=1S/C21H32N4O2/c1-3-16(2)23-20(26)17-7-9-18(10-8-17)21(27)25-14-12-24(13-15-25)19-6-4-5-11-22-19/h4-6,11,16-18H,3,7-10,12-15H2,1-2H3,(H,23,26). The number of hydrogen-bond acceptors (Lipinski definition) is 4. The molecule has 1 aliphatic carbocycles. The van der Waals surface area contributed by atoms with Gasteiger partial charge in [0.05, 0.1) is 0 Å². The lowest BCUT2D eigenvalue weighted by atomic mass is 9.80. The first-order chi connectivity index (χ1) is 13.1. The Morgan fingerprint density at radius 2 is 1.78 bits per heavy atom. The van der Waals surface area contributed by atoms with Crippen molar-refractivity contribution in [3.8, 4) is 0 Å². The lowest BCUT2D eigenvalue weighted by molar-refractivity contribution is -0.138. The largest absolute Gasteiger partial charge is 0.353 e. The van der Waals surface area contributed by atoms with Gasteiger partial charge < -0.3 is 15.1 Å². The van der Waals surface area contributed by atoms with E-state index in [1.54, 1.807) is 0 Å². The Kier molecular flexibility index (Phi) is 6.69. The number of piperazine rings is 1. The molecule has 1 aliphatic heterocycles. The number of aromatic nitrogens is 1. The molecule has 1 saturated carbocycles. The number of nitrogens with one attached hydrogen (secondary N) is 1. The van der Waals surface area contributed by atoms with Crippen LogP contribution in [0.4, 0.5) is 5.82 Å². The summed E-state index contributed by atoms with van der Waals surface area (Å²) in [7, 11) is 0. The Hall–Kier alpha value is -2.11. The van der Waals surface area contributed by atoms with Crippen molar-refractivity contribution in [1.29, 1.82) is 0 Å². The number of carbonyl (C=O) groups is 2. The smallest absolute Gasteiger partial charge is 0.225 e. The summed E-state index contributed by atoms with van der Waals surface area (Å²) in [6, 6.07) is 6.16. The average molecular weight is 373 g/mol. The molecule has 6 nitrogen and oxygen atoms in total. The van der Waals surface area contributed by atoms with Crippen molar-refractivity contribution in [1.82, 2.24) is 15.2 Å². The van der Waals surface area contributed by atoms with E-state index in [9.17, 15) is 9.59 Å². The number of carbonyl (C=O) groups excluding carboxylic acids is 2. The van der Waals surface area contributed by atoms with E-state index in [-0.39, 0.29) is 29.7 Å². The predicted molar refractivity (Wildman–Crippen MR) is 106 cm³/mol. The summed E-state index contributed by atoms with van der Waals surface area (Å²) < 4.78 is 0. The van der Waals surface area contributed by atoms with Crippen LogP contribution in [0.15, 0.2) is 24.4 Å². The van der Waals surface area contributed by atoms with Gasteiger partial charge in [-0.2, -0.15) is 0 Å². The Morgan fingerprint density at radius 1 is 1.11 bits per heavy atom. The molecule has 3 rings (SSSR count). The average Bonchev–Trinajstić information content (AvgIpc) is 2.74. The summed E-state index contributed by atoms with van der Waals surface area (Å²) in [5.41, 5.74) is 0. The van der Waals surface area contributed by atoms with E-state index in [1.165, 1.54) is 0 Å². The summed E-state index contributed by atoms with van der Waals surface area (Å²) >= 11 is 0. The van der Waals surface area contributed by atoms with Gasteiger partial charge in [-0.25, -0.2) is 4.98 Å². The van der Waals surface area contributed by atoms with Crippen molar-refractivity contribution in [2.45, 2.75) is 52.0 Å². The quantitative estimate of drug-likeness (QED) is 0.862. The molecule has 1 saturated heterocycles. The van der Waals surface area contributed by atoms with Gasteiger partial charge in [0.25, 0.3) is 0 Å². The van der Waals surface area contributed by atoms with Gasteiger partial charge in [-0.05, 0) is 51.2 Å².